The van der Waals surface area contributed by atoms with Gasteiger partial charge in [-0.25, -0.2) is 4.79 Å². The van der Waals surface area contributed by atoms with Crippen LogP contribution >= 0.6 is 23.2 Å². The van der Waals surface area contributed by atoms with Gasteiger partial charge in [0.1, 0.15) is 6.42 Å². The van der Waals surface area contributed by atoms with Crippen LogP contribution in [-0.2, 0) is 19.2 Å². The molecule has 2 saturated carbocycles. The Hall–Kier alpha value is -1.47. The number of barbiturate groups is 1. The first kappa shape index (κ1) is 20.8. The lowest BCUT2D eigenvalue weighted by atomic mass is 10.2. The normalized spacial score (nSPS) is 20.0. The molecule has 1 aliphatic heterocycles. The summed E-state index contributed by atoms with van der Waals surface area (Å²) >= 11 is 9.46. The molecule has 4 amide bonds. The number of rotatable bonds is 8. The zero-order chi connectivity index (χ0) is 19.3. The van der Waals surface area contributed by atoms with E-state index in [1.54, 1.807) is 0 Å². The summed E-state index contributed by atoms with van der Waals surface area (Å²) in [5.41, 5.74) is 0. The summed E-state index contributed by atoms with van der Waals surface area (Å²) in [6, 6.07) is -0.387. The Morgan fingerprint density at radius 2 is 1.19 bits per heavy atom. The van der Waals surface area contributed by atoms with Crippen LogP contribution in [0.15, 0.2) is 0 Å². The predicted octanol–water partition coefficient (Wildman–Crippen LogP) is 2.67. The van der Waals surface area contributed by atoms with Crippen LogP contribution in [0.2, 0.25) is 0 Å². The van der Waals surface area contributed by atoms with Crippen molar-refractivity contribution < 1.29 is 24.0 Å². The van der Waals surface area contributed by atoms with Crippen molar-refractivity contribution in [1.29, 1.82) is 0 Å². The van der Waals surface area contributed by atoms with E-state index in [0.717, 1.165) is 12.8 Å². The molecule has 3 fully saturated rings. The lowest BCUT2D eigenvalue weighted by molar-refractivity contribution is -0.142. The Morgan fingerprint density at radius 1 is 0.808 bits per heavy atom. The third-order valence-electron chi connectivity index (χ3n) is 4.56. The van der Waals surface area contributed by atoms with Crippen LogP contribution in [0.1, 0.15) is 51.4 Å². The minimum Gasteiger partial charge on any atom is -0.281 e. The number of urea groups is 1. The lowest BCUT2D eigenvalue weighted by Crippen LogP contribution is -2.55. The second kappa shape index (κ2) is 9.46. The summed E-state index contributed by atoms with van der Waals surface area (Å²) < 4.78 is 0. The van der Waals surface area contributed by atoms with E-state index in [0.29, 0.717) is 24.9 Å². The maximum absolute atomic E-state index is 12.2. The number of hydrogen-bond acceptors (Lipinski definition) is 5. The van der Waals surface area contributed by atoms with Crippen LogP contribution in [0, 0.1) is 11.8 Å². The number of nitrogens with zero attached hydrogens (tertiary/aromatic N) is 2. The lowest BCUT2D eigenvalue weighted by Gasteiger charge is -2.32. The summed E-state index contributed by atoms with van der Waals surface area (Å²) in [6.45, 7) is 0.963. The highest BCUT2D eigenvalue weighted by molar-refractivity contribution is 6.72. The van der Waals surface area contributed by atoms with Gasteiger partial charge in [0, 0.05) is 13.1 Å². The Labute approximate surface area is 162 Å². The first-order valence-corrected chi connectivity index (χ1v) is 9.55. The van der Waals surface area contributed by atoms with Gasteiger partial charge < -0.3 is 0 Å². The standard InChI is InChI=1S/C14H20N2O3.C3H2Cl2O2/c17-12-9-13(18)16(8-6-11-3-4-11)14(19)15(12)7-5-10-1-2-10;4-2(6)1-3(5)7/h10-11H,1-9H2;1H2. The quantitative estimate of drug-likeness (QED) is 0.457. The molecule has 1 heterocycles. The molecule has 9 heteroatoms. The highest BCUT2D eigenvalue weighted by Gasteiger charge is 2.38. The molecule has 0 aromatic heterocycles. The van der Waals surface area contributed by atoms with Gasteiger partial charge in [-0.1, -0.05) is 25.7 Å². The van der Waals surface area contributed by atoms with E-state index in [1.165, 1.54) is 35.5 Å². The number of halogens is 2. The van der Waals surface area contributed by atoms with Gasteiger partial charge >= 0.3 is 6.03 Å². The van der Waals surface area contributed by atoms with E-state index >= 15 is 0 Å². The van der Waals surface area contributed by atoms with Gasteiger partial charge in [-0.05, 0) is 47.9 Å². The van der Waals surface area contributed by atoms with Gasteiger partial charge in [0.15, 0.2) is 0 Å². The van der Waals surface area contributed by atoms with Gasteiger partial charge in [-0.2, -0.15) is 0 Å². The number of carbonyl (C=O) groups excluding carboxylic acids is 5. The molecular weight excluding hydrogens is 383 g/mol. The topological polar surface area (TPSA) is 91.8 Å². The van der Waals surface area contributed by atoms with E-state index in [-0.39, 0.29) is 30.7 Å². The average Bonchev–Trinajstić information content (AvgIpc) is 3.41. The molecule has 0 spiro atoms. The Bertz CT molecular complexity index is 554. The Kier molecular flexibility index (Phi) is 7.58. The highest BCUT2D eigenvalue weighted by Crippen LogP contribution is 2.34. The van der Waals surface area contributed by atoms with Crippen LogP contribution in [-0.4, -0.2) is 51.2 Å². The molecule has 7 nitrogen and oxygen atoms in total. The minimum absolute atomic E-state index is 0.138. The molecule has 0 aromatic rings. The van der Waals surface area contributed by atoms with Crippen molar-refractivity contribution in [3.8, 4) is 0 Å². The number of carbonyl (C=O) groups is 5. The summed E-state index contributed by atoms with van der Waals surface area (Å²) in [5, 5.41) is -1.44. The first-order chi connectivity index (χ1) is 12.3. The van der Waals surface area contributed by atoms with Gasteiger partial charge in [0.2, 0.25) is 22.3 Å². The number of amides is 4. The smallest absolute Gasteiger partial charge is 0.281 e. The number of imide groups is 2. The predicted molar refractivity (Wildman–Crippen MR) is 94.5 cm³/mol. The van der Waals surface area contributed by atoms with E-state index in [9.17, 15) is 24.0 Å². The Morgan fingerprint density at radius 3 is 1.46 bits per heavy atom. The van der Waals surface area contributed by atoms with E-state index in [4.69, 9.17) is 23.2 Å². The molecule has 26 heavy (non-hydrogen) atoms. The fraction of sp³-hybridized carbons (Fsp3) is 0.706. The number of hydrogen-bond donors (Lipinski definition) is 0. The van der Waals surface area contributed by atoms with Crippen molar-refractivity contribution >= 4 is 51.5 Å². The van der Waals surface area contributed by atoms with Crippen molar-refractivity contribution in [1.82, 2.24) is 9.80 Å². The summed E-state index contributed by atoms with van der Waals surface area (Å²) in [5.74, 6) is 0.716. The Balaban J connectivity index is 0.000000298. The molecule has 0 aromatic carbocycles. The first-order valence-electron chi connectivity index (χ1n) is 8.79. The zero-order valence-corrected chi connectivity index (χ0v) is 15.9. The molecule has 0 radical (unpaired) electrons. The third kappa shape index (κ3) is 7.03. The second-order valence-electron chi connectivity index (χ2n) is 6.90. The van der Waals surface area contributed by atoms with Crippen LogP contribution in [0.5, 0.6) is 0 Å². The van der Waals surface area contributed by atoms with Gasteiger partial charge in [-0.15, -0.1) is 0 Å². The van der Waals surface area contributed by atoms with Gasteiger partial charge in [0.05, 0.1) is 6.42 Å². The largest absolute Gasteiger partial charge is 0.333 e. The van der Waals surface area contributed by atoms with E-state index in [2.05, 4.69) is 0 Å². The fourth-order valence-corrected chi connectivity index (χ4v) is 2.98. The third-order valence-corrected chi connectivity index (χ3v) is 4.83. The van der Waals surface area contributed by atoms with Crippen LogP contribution in [0.25, 0.3) is 0 Å². The molecule has 0 unspecified atom stereocenters. The highest BCUT2D eigenvalue weighted by atomic mass is 35.5. The fourth-order valence-electron chi connectivity index (χ4n) is 2.67. The van der Waals surface area contributed by atoms with Gasteiger partial charge in [0.25, 0.3) is 0 Å². The van der Waals surface area contributed by atoms with Crippen molar-refractivity contribution in [2.24, 2.45) is 11.8 Å². The summed E-state index contributed by atoms with van der Waals surface area (Å²) in [4.78, 5) is 57.8. The monoisotopic (exact) mass is 404 g/mol. The average molecular weight is 405 g/mol. The van der Waals surface area contributed by atoms with Gasteiger partial charge in [-0.3, -0.25) is 29.0 Å². The molecule has 2 aliphatic carbocycles. The molecule has 0 bridgehead atoms. The molecule has 0 atom stereocenters. The SMILES string of the molecule is O=C(Cl)CC(=O)Cl.O=C1CC(=O)N(CCC2CC2)C(=O)N1CCC1CC1. The van der Waals surface area contributed by atoms with Crippen molar-refractivity contribution in [3.63, 3.8) is 0 Å². The molecule has 1 saturated heterocycles. The minimum atomic E-state index is -0.722. The molecule has 3 aliphatic rings. The maximum Gasteiger partial charge on any atom is 0.333 e. The zero-order valence-electron chi connectivity index (χ0n) is 14.4. The van der Waals surface area contributed by atoms with Crippen molar-refractivity contribution in [2.75, 3.05) is 13.1 Å². The van der Waals surface area contributed by atoms with Crippen LogP contribution in [0.3, 0.4) is 0 Å². The summed E-state index contributed by atoms with van der Waals surface area (Å²) in [7, 11) is 0. The molecule has 144 valence electrons. The van der Waals surface area contributed by atoms with Crippen molar-refractivity contribution in [3.05, 3.63) is 0 Å². The van der Waals surface area contributed by atoms with Crippen molar-refractivity contribution in [2.45, 2.75) is 51.4 Å². The van der Waals surface area contributed by atoms with E-state index < -0.39 is 10.5 Å². The molecule has 0 N–H and O–H groups in total. The molecule has 3 rings (SSSR count). The van der Waals surface area contributed by atoms with Crippen LogP contribution < -0.4 is 0 Å². The second-order valence-corrected chi connectivity index (χ2v) is 7.74. The maximum atomic E-state index is 12.2. The summed E-state index contributed by atoms with van der Waals surface area (Å²) in [6.07, 6.45) is 6.09. The van der Waals surface area contributed by atoms with E-state index in [1.807, 2.05) is 0 Å². The van der Waals surface area contributed by atoms with Crippen LogP contribution in [0.4, 0.5) is 4.79 Å². The molecular formula is C17H22Cl2N2O5.